The number of ether oxygens (including phenoxy) is 1. The van der Waals surface area contributed by atoms with Gasteiger partial charge in [0.05, 0.1) is 0 Å². The molecule has 0 saturated heterocycles. The third kappa shape index (κ3) is 1.93. The zero-order valence-corrected chi connectivity index (χ0v) is 12.5. The van der Waals surface area contributed by atoms with E-state index in [0.29, 0.717) is 12.8 Å². The summed E-state index contributed by atoms with van der Waals surface area (Å²) in [5.41, 5.74) is -1.37. The van der Waals surface area contributed by atoms with Gasteiger partial charge in [-0.2, -0.15) is 8.78 Å². The number of esters is 1. The summed E-state index contributed by atoms with van der Waals surface area (Å²) in [6.45, 7) is 5.23. The van der Waals surface area contributed by atoms with Crippen molar-refractivity contribution in [2.24, 2.45) is 16.7 Å². The summed E-state index contributed by atoms with van der Waals surface area (Å²) in [7, 11) is -6.19. The minimum atomic E-state index is -6.19. The molecule has 0 spiro atoms. The third-order valence-electron chi connectivity index (χ3n) is 5.26. The number of ketones is 1. The number of halogens is 2. The van der Waals surface area contributed by atoms with Gasteiger partial charge < -0.3 is 9.29 Å². The van der Waals surface area contributed by atoms with Gasteiger partial charge in [-0.3, -0.25) is 4.79 Å². The highest BCUT2D eigenvalue weighted by Gasteiger charge is 2.68. The molecule has 0 aromatic rings. The number of rotatable bonds is 3. The predicted octanol–water partition coefficient (Wildman–Crippen LogP) is 1.06. The maximum atomic E-state index is 13.1. The van der Waals surface area contributed by atoms with Crippen molar-refractivity contribution in [2.45, 2.75) is 45.0 Å². The first-order chi connectivity index (χ1) is 9.27. The summed E-state index contributed by atoms with van der Waals surface area (Å²) in [6, 6.07) is 0. The van der Waals surface area contributed by atoms with Crippen LogP contribution in [0.4, 0.5) is 8.78 Å². The molecule has 2 saturated carbocycles. The number of alkyl halides is 2. The maximum absolute atomic E-state index is 13.1. The lowest BCUT2D eigenvalue weighted by atomic mass is 9.70. The Morgan fingerprint density at radius 1 is 1.38 bits per heavy atom. The van der Waals surface area contributed by atoms with E-state index in [4.69, 9.17) is 0 Å². The smallest absolute Gasteiger partial charge is 0.428 e. The van der Waals surface area contributed by atoms with E-state index in [2.05, 4.69) is 4.74 Å². The van der Waals surface area contributed by atoms with E-state index < -0.39 is 50.0 Å². The van der Waals surface area contributed by atoms with E-state index in [-0.39, 0.29) is 0 Å². The molecule has 2 aliphatic rings. The SMILES string of the molecule is CC12CCC(C(OC(=O)C(F)(F)S(=O)(=O)[O-])C1=O)C2(C)C. The second-order valence-electron chi connectivity index (χ2n) is 6.36. The van der Waals surface area contributed by atoms with Gasteiger partial charge in [-0.05, 0) is 18.3 Å². The lowest BCUT2D eigenvalue weighted by Crippen LogP contribution is -2.44. The first kappa shape index (κ1) is 16.3. The summed E-state index contributed by atoms with van der Waals surface area (Å²) in [4.78, 5) is 23.6. The van der Waals surface area contributed by atoms with Crippen LogP contribution in [-0.2, 0) is 24.4 Å². The van der Waals surface area contributed by atoms with Crippen molar-refractivity contribution in [1.82, 2.24) is 0 Å². The van der Waals surface area contributed by atoms with Crippen LogP contribution in [0.2, 0.25) is 0 Å². The van der Waals surface area contributed by atoms with E-state index in [1.165, 1.54) is 0 Å². The number of hydrogen-bond acceptors (Lipinski definition) is 6. The van der Waals surface area contributed by atoms with Crippen LogP contribution < -0.4 is 0 Å². The molecule has 9 heteroatoms. The largest absolute Gasteiger partial charge is 0.743 e. The van der Waals surface area contributed by atoms with Gasteiger partial charge in [0.1, 0.15) is 0 Å². The quantitative estimate of drug-likeness (QED) is 0.568. The monoisotopic (exact) mass is 325 g/mol. The van der Waals surface area contributed by atoms with Crippen molar-refractivity contribution < 1.29 is 36.1 Å². The number of fused-ring (bicyclic) bond motifs is 2. The molecule has 120 valence electrons. The second kappa shape index (κ2) is 4.22. The average Bonchev–Trinajstić information content (AvgIpc) is 2.62. The third-order valence-corrected chi connectivity index (χ3v) is 6.05. The number of carbonyl (C=O) groups excluding carboxylic acids is 2. The predicted molar refractivity (Wildman–Crippen MR) is 64.1 cm³/mol. The number of carbonyl (C=O) groups is 2. The van der Waals surface area contributed by atoms with Gasteiger partial charge in [-0.1, -0.05) is 20.8 Å². The molecule has 0 heterocycles. The van der Waals surface area contributed by atoms with Crippen LogP contribution in [-0.4, -0.2) is 36.1 Å². The lowest BCUT2D eigenvalue weighted by Gasteiger charge is -2.31. The van der Waals surface area contributed by atoms with E-state index in [0.717, 1.165) is 0 Å². The molecule has 0 N–H and O–H groups in total. The summed E-state index contributed by atoms with van der Waals surface area (Å²) < 4.78 is 62.0. The van der Waals surface area contributed by atoms with Gasteiger partial charge in [0, 0.05) is 11.3 Å². The molecule has 0 aliphatic heterocycles. The fourth-order valence-electron chi connectivity index (χ4n) is 3.43. The molecule has 3 atom stereocenters. The average molecular weight is 325 g/mol. The Kier molecular flexibility index (Phi) is 3.27. The molecule has 2 aliphatic carbocycles. The van der Waals surface area contributed by atoms with Crippen molar-refractivity contribution in [2.75, 3.05) is 0 Å². The van der Waals surface area contributed by atoms with Crippen molar-refractivity contribution in [3.63, 3.8) is 0 Å². The van der Waals surface area contributed by atoms with Crippen molar-refractivity contribution in [3.8, 4) is 0 Å². The second-order valence-corrected chi connectivity index (χ2v) is 7.78. The molecular formula is C12H15F2O6S-. The molecule has 3 unspecified atom stereocenters. The fraction of sp³-hybridized carbons (Fsp3) is 0.833. The van der Waals surface area contributed by atoms with E-state index in [9.17, 15) is 31.3 Å². The number of hydrogen-bond donors (Lipinski definition) is 0. The molecule has 2 bridgehead atoms. The molecule has 0 aromatic carbocycles. The molecule has 0 amide bonds. The van der Waals surface area contributed by atoms with Gasteiger partial charge in [0.15, 0.2) is 22.0 Å². The standard InChI is InChI=1S/C12H16F2O6S/c1-10(2)6-4-5-11(10,3)8(15)7(6)20-9(16)12(13,14)21(17,18)19/h6-7H,4-5H2,1-3H3,(H,17,18,19)/p-1. The van der Waals surface area contributed by atoms with Crippen molar-refractivity contribution >= 4 is 21.9 Å². The van der Waals surface area contributed by atoms with Crippen molar-refractivity contribution in [1.29, 1.82) is 0 Å². The van der Waals surface area contributed by atoms with Crippen LogP contribution in [0.15, 0.2) is 0 Å². The minimum absolute atomic E-state index is 0.468. The first-order valence-electron chi connectivity index (χ1n) is 6.35. The lowest BCUT2D eigenvalue weighted by molar-refractivity contribution is -0.173. The van der Waals surface area contributed by atoms with Crippen LogP contribution in [0.5, 0.6) is 0 Å². The van der Waals surface area contributed by atoms with Gasteiger partial charge in [-0.25, -0.2) is 13.2 Å². The Balaban J connectivity index is 2.27. The molecular weight excluding hydrogens is 310 g/mol. The topological polar surface area (TPSA) is 101 Å². The zero-order valence-electron chi connectivity index (χ0n) is 11.7. The molecule has 6 nitrogen and oxygen atoms in total. The fourth-order valence-corrected chi connectivity index (χ4v) is 3.68. The minimum Gasteiger partial charge on any atom is -0.743 e. The highest BCUT2D eigenvalue weighted by molar-refractivity contribution is 7.87. The van der Waals surface area contributed by atoms with Gasteiger partial charge in [0.25, 0.3) is 0 Å². The van der Waals surface area contributed by atoms with Crippen LogP contribution in [0.1, 0.15) is 33.6 Å². The Morgan fingerprint density at radius 2 is 1.90 bits per heavy atom. The summed E-state index contributed by atoms with van der Waals surface area (Å²) >= 11 is 0. The maximum Gasteiger partial charge on any atom is 0.428 e. The molecule has 0 radical (unpaired) electrons. The van der Waals surface area contributed by atoms with Gasteiger partial charge in [-0.15, -0.1) is 0 Å². The van der Waals surface area contributed by atoms with E-state index in [1.54, 1.807) is 20.8 Å². The first-order valence-corrected chi connectivity index (χ1v) is 7.76. The van der Waals surface area contributed by atoms with E-state index in [1.807, 2.05) is 0 Å². The summed E-state index contributed by atoms with van der Waals surface area (Å²) in [6.07, 6.45) is -0.379. The van der Waals surface area contributed by atoms with Crippen LogP contribution in [0, 0.1) is 16.7 Å². The number of Topliss-reactive ketones (excluding diaryl/α,β-unsaturated/α-hetero) is 1. The van der Waals surface area contributed by atoms with Crippen molar-refractivity contribution in [3.05, 3.63) is 0 Å². The van der Waals surface area contributed by atoms with E-state index >= 15 is 0 Å². The molecule has 2 rings (SSSR count). The van der Waals surface area contributed by atoms with Crippen LogP contribution in [0.25, 0.3) is 0 Å². The summed E-state index contributed by atoms with van der Waals surface area (Å²) in [5.74, 6) is -3.46. The van der Waals surface area contributed by atoms with Gasteiger partial charge in [0.2, 0.25) is 0 Å². The van der Waals surface area contributed by atoms with Crippen LogP contribution in [0.3, 0.4) is 0 Å². The Hall–Kier alpha value is -1.09. The highest BCUT2D eigenvalue weighted by Crippen LogP contribution is 2.64. The van der Waals surface area contributed by atoms with Crippen LogP contribution >= 0.6 is 0 Å². The zero-order chi connectivity index (χ0) is 16.4. The van der Waals surface area contributed by atoms with Gasteiger partial charge >= 0.3 is 11.2 Å². The molecule has 2 fully saturated rings. The highest BCUT2D eigenvalue weighted by atomic mass is 32.2. The summed E-state index contributed by atoms with van der Waals surface area (Å²) in [5, 5.41) is -5.19. The molecule has 0 aromatic heterocycles. The normalized spacial score (nSPS) is 35.0. The Labute approximate surface area is 120 Å². The Morgan fingerprint density at radius 3 is 2.29 bits per heavy atom. The molecule has 21 heavy (non-hydrogen) atoms. The Bertz CT molecular complexity index is 611.